The van der Waals surface area contributed by atoms with E-state index in [-0.39, 0.29) is 0 Å². The largest absolute Gasteiger partial charge is 0.631 e. The van der Waals surface area contributed by atoms with Crippen molar-refractivity contribution in [3.8, 4) is 0 Å². The van der Waals surface area contributed by atoms with Crippen molar-refractivity contribution in [3.05, 3.63) is 0 Å². The normalized spacial score (nSPS) is 45.0. The summed E-state index contributed by atoms with van der Waals surface area (Å²) in [5.41, 5.74) is 5.55. The van der Waals surface area contributed by atoms with Crippen LogP contribution in [0.15, 0.2) is 0 Å². The summed E-state index contributed by atoms with van der Waals surface area (Å²) < 4.78 is 15.5. The summed E-state index contributed by atoms with van der Waals surface area (Å²) in [4.78, 5) is 0. The second-order valence-corrected chi connectivity index (χ2v) is 5.96. The van der Waals surface area contributed by atoms with Gasteiger partial charge in [0.2, 0.25) is 0 Å². The van der Waals surface area contributed by atoms with Gasteiger partial charge in [-0.3, -0.25) is 0 Å². The van der Waals surface area contributed by atoms with Crippen molar-refractivity contribution in [2.24, 2.45) is 5.73 Å². The fourth-order valence-electron chi connectivity index (χ4n) is 2.60. The van der Waals surface area contributed by atoms with E-state index in [0.29, 0.717) is 0 Å². The third kappa shape index (κ3) is 6.24. The van der Waals surface area contributed by atoms with Crippen molar-refractivity contribution < 1.29 is 65.0 Å². The maximum absolute atomic E-state index is 10.1. The van der Waals surface area contributed by atoms with Gasteiger partial charge in [0.25, 0.3) is 0 Å². The molecule has 0 radical (unpaired) electrons. The molecule has 2 aliphatic heterocycles. The highest BCUT2D eigenvalue weighted by Crippen LogP contribution is 2.27. The number of ether oxygens (including phenoxy) is 3. The van der Waals surface area contributed by atoms with Gasteiger partial charge in [-0.25, -0.2) is 0 Å². The lowest BCUT2D eigenvalue weighted by Gasteiger charge is -2.45. The van der Waals surface area contributed by atoms with Crippen molar-refractivity contribution in [1.82, 2.24) is 0 Å². The molecule has 10 atom stereocenters. The average Bonchev–Trinajstić information content (AvgIpc) is 2.61. The van der Waals surface area contributed by atoms with Crippen LogP contribution in [-0.2, 0) is 14.2 Å². The van der Waals surface area contributed by atoms with Crippen molar-refractivity contribution in [2.75, 3.05) is 13.2 Å². The number of nitrogens with two attached hydrogens (primary N) is 1. The Bertz CT molecular complexity index is 427. The molecule has 0 aromatic rings. The van der Waals surface area contributed by atoms with Gasteiger partial charge in [-0.2, -0.15) is 0 Å². The van der Waals surface area contributed by atoms with Gasteiger partial charge < -0.3 is 70.8 Å². The van der Waals surface area contributed by atoms with Crippen molar-refractivity contribution in [3.63, 3.8) is 0 Å². The van der Waals surface area contributed by atoms with E-state index in [1.807, 2.05) is 0 Å². The van der Waals surface area contributed by atoms with Crippen LogP contribution in [0.25, 0.3) is 0 Å². The zero-order chi connectivity index (χ0) is 20.9. The summed E-state index contributed by atoms with van der Waals surface area (Å²) in [5, 5.41) is 88.8. The molecule has 1 unspecified atom stereocenters. The van der Waals surface area contributed by atoms with Crippen LogP contribution < -0.4 is 5.73 Å². The molecule has 0 aromatic heterocycles. The average molecular weight is 403 g/mol. The van der Waals surface area contributed by atoms with Gasteiger partial charge >= 0.3 is 7.32 Å². The van der Waals surface area contributed by atoms with Gasteiger partial charge in [0.15, 0.2) is 12.6 Å². The minimum atomic E-state index is -2.17. The summed E-state index contributed by atoms with van der Waals surface area (Å²) in [6.45, 7) is -1.26. The fraction of sp³-hybridized carbons (Fsp3) is 1.00. The second kappa shape index (κ2) is 10.9. The molecule has 0 amide bonds. The first-order valence-electron chi connectivity index (χ1n) is 7.93. The fourth-order valence-corrected chi connectivity index (χ4v) is 2.60. The van der Waals surface area contributed by atoms with E-state index in [1.165, 1.54) is 0 Å². The van der Waals surface area contributed by atoms with E-state index in [9.17, 15) is 30.6 Å². The molecule has 27 heavy (non-hydrogen) atoms. The Labute approximate surface area is 153 Å². The standard InChI is InChI=1S/C12H23NO10.BH3O3/c13-5-7(17)10(4(2-15)21-11(5)20)23-12-9(19)8(18)6(16)3(1-14)22-12;2-1(3)4/h3-12,14-20H,1-2,13H2;2-4H/t3-,4-,5-,6+,7-,8+,9-,10?,11-,12+;/m1./s1. The third-order valence-electron chi connectivity index (χ3n) is 4.06. The Morgan fingerprint density at radius 3 is 1.78 bits per heavy atom. The quantitative estimate of drug-likeness (QED) is 0.195. The van der Waals surface area contributed by atoms with Crippen LogP contribution >= 0.6 is 0 Å². The van der Waals surface area contributed by atoms with Crippen LogP contribution in [0.5, 0.6) is 0 Å². The van der Waals surface area contributed by atoms with Crippen LogP contribution in [0.4, 0.5) is 0 Å². The lowest BCUT2D eigenvalue weighted by Crippen LogP contribution is -2.66. The summed E-state index contributed by atoms with van der Waals surface area (Å²) in [6, 6.07) is -1.23. The molecule has 14 nitrogen and oxygen atoms in total. The summed E-state index contributed by atoms with van der Waals surface area (Å²) in [7, 11) is -2.17. The molecule has 0 spiro atoms. The van der Waals surface area contributed by atoms with Gasteiger partial charge in [0.1, 0.15) is 42.7 Å². The summed E-state index contributed by atoms with van der Waals surface area (Å²) in [5.74, 6) is 0. The highest BCUT2D eigenvalue weighted by atomic mass is 16.7. The smallest absolute Gasteiger partial charge is 0.402 e. The SMILES string of the molecule is N[C@H]1[C@H](O)O[C@H](CO)C(O[C@@H]2O[C@H](CO)[C@H](O)[C@H](O)[C@H]2O)[C@@H]1O.OB(O)O. The molecule has 2 saturated heterocycles. The Balaban J connectivity index is 0.000000828. The van der Waals surface area contributed by atoms with E-state index in [2.05, 4.69) is 0 Å². The Kier molecular flexibility index (Phi) is 9.90. The van der Waals surface area contributed by atoms with Crippen molar-refractivity contribution in [2.45, 2.75) is 61.3 Å². The first-order valence-corrected chi connectivity index (χ1v) is 7.93. The number of rotatable bonds is 4. The van der Waals surface area contributed by atoms with Crippen LogP contribution in [-0.4, -0.2) is 133 Å². The molecule has 0 bridgehead atoms. The molecular weight excluding hydrogens is 377 g/mol. The van der Waals surface area contributed by atoms with Gasteiger partial charge in [0, 0.05) is 0 Å². The topological polar surface area (TPSA) is 256 Å². The van der Waals surface area contributed by atoms with Crippen molar-refractivity contribution in [1.29, 1.82) is 0 Å². The molecule has 0 aliphatic carbocycles. The molecule has 15 heteroatoms. The predicted molar refractivity (Wildman–Crippen MR) is 83.0 cm³/mol. The van der Waals surface area contributed by atoms with E-state index >= 15 is 0 Å². The van der Waals surface area contributed by atoms with Crippen LogP contribution in [0.1, 0.15) is 0 Å². The molecular formula is C12H26BNO13. The maximum atomic E-state index is 10.1. The Hall–Kier alpha value is -0.495. The molecule has 160 valence electrons. The number of hydrogen-bond acceptors (Lipinski definition) is 14. The molecule has 2 heterocycles. The van der Waals surface area contributed by atoms with E-state index in [4.69, 9.17) is 40.1 Å². The summed E-state index contributed by atoms with van der Waals surface area (Å²) >= 11 is 0. The number of aliphatic hydroxyl groups excluding tert-OH is 7. The zero-order valence-corrected chi connectivity index (χ0v) is 14.0. The predicted octanol–water partition coefficient (Wildman–Crippen LogP) is -7.48. The van der Waals surface area contributed by atoms with Gasteiger partial charge in [-0.05, 0) is 0 Å². The molecule has 0 aromatic carbocycles. The molecule has 0 saturated carbocycles. The minimum absolute atomic E-state index is 0.622. The highest BCUT2D eigenvalue weighted by molar-refractivity contribution is 6.30. The van der Waals surface area contributed by atoms with Gasteiger partial charge in [-0.15, -0.1) is 0 Å². The lowest BCUT2D eigenvalue weighted by atomic mass is 9.96. The maximum Gasteiger partial charge on any atom is 0.631 e. The van der Waals surface area contributed by atoms with E-state index in [0.717, 1.165) is 0 Å². The lowest BCUT2D eigenvalue weighted by molar-refractivity contribution is -0.344. The van der Waals surface area contributed by atoms with Gasteiger partial charge in [0.05, 0.1) is 19.3 Å². The molecule has 12 N–H and O–H groups in total. The highest BCUT2D eigenvalue weighted by Gasteiger charge is 2.49. The number of aliphatic hydroxyl groups is 7. The molecule has 2 rings (SSSR count). The minimum Gasteiger partial charge on any atom is -0.402 e. The van der Waals surface area contributed by atoms with Gasteiger partial charge in [-0.1, -0.05) is 0 Å². The third-order valence-corrected chi connectivity index (χ3v) is 4.06. The first-order chi connectivity index (χ1) is 12.5. The molecule has 2 aliphatic rings. The van der Waals surface area contributed by atoms with Crippen LogP contribution in [0.2, 0.25) is 0 Å². The van der Waals surface area contributed by atoms with Crippen molar-refractivity contribution >= 4 is 7.32 Å². The number of hydrogen-bond donors (Lipinski definition) is 11. The van der Waals surface area contributed by atoms with E-state index in [1.54, 1.807) is 0 Å². The zero-order valence-electron chi connectivity index (χ0n) is 14.0. The monoisotopic (exact) mass is 403 g/mol. The molecule has 2 fully saturated rings. The Morgan fingerprint density at radius 1 is 0.778 bits per heavy atom. The van der Waals surface area contributed by atoms with Crippen LogP contribution in [0.3, 0.4) is 0 Å². The van der Waals surface area contributed by atoms with Crippen LogP contribution in [0, 0.1) is 0 Å². The summed E-state index contributed by atoms with van der Waals surface area (Å²) in [6.07, 6.45) is -13.0. The van der Waals surface area contributed by atoms with E-state index < -0.39 is 81.9 Å². The first kappa shape index (κ1) is 24.5. The Morgan fingerprint density at radius 2 is 1.30 bits per heavy atom. The second-order valence-electron chi connectivity index (χ2n) is 5.96.